The molecule has 0 saturated carbocycles. The minimum Gasteiger partial charge on any atom is -0.368 e. The summed E-state index contributed by atoms with van der Waals surface area (Å²) in [4.78, 5) is 84.9. The molecule has 0 bridgehead atoms. The Balaban J connectivity index is 1.51. The van der Waals surface area contributed by atoms with Crippen molar-refractivity contribution in [1.29, 1.82) is 0 Å². The van der Waals surface area contributed by atoms with Gasteiger partial charge in [0.2, 0.25) is 17.7 Å². The van der Waals surface area contributed by atoms with Crippen LogP contribution in [0.2, 0.25) is 0 Å². The highest BCUT2D eigenvalue weighted by atomic mass is 31.2. The van der Waals surface area contributed by atoms with E-state index in [9.17, 15) is 47.1 Å². The average molecular weight is 833 g/mol. The zero-order chi connectivity index (χ0) is 43.2. The molecule has 4 rings (SSSR count). The SMILES string of the molecule is CCc1ccc(C(=O)NCCCCC(NC(=O)C(CC(=O)C(Cc2ccccc2)NC(=O)Cc2cccc(C)c2)Cc2ccc(C(F)(F)P(=O)(O)O)cc2)C(N)=O)cc1. The monoisotopic (exact) mass is 832 g/mol. The Bertz CT molecular complexity index is 2110. The zero-order valence-electron chi connectivity index (χ0n) is 33.0. The van der Waals surface area contributed by atoms with Gasteiger partial charge >= 0.3 is 13.3 Å². The number of primary amides is 1. The van der Waals surface area contributed by atoms with Gasteiger partial charge in [-0.05, 0) is 79.8 Å². The number of hydrogen-bond donors (Lipinski definition) is 6. The molecule has 4 aromatic rings. The highest BCUT2D eigenvalue weighted by Gasteiger charge is 2.50. The van der Waals surface area contributed by atoms with Gasteiger partial charge in [0, 0.05) is 30.0 Å². The normalized spacial score (nSPS) is 13.1. The number of ketones is 1. The van der Waals surface area contributed by atoms with Crippen molar-refractivity contribution in [1.82, 2.24) is 16.0 Å². The molecule has 0 heterocycles. The van der Waals surface area contributed by atoms with Crippen molar-refractivity contribution in [2.24, 2.45) is 11.7 Å². The molecule has 314 valence electrons. The second-order valence-electron chi connectivity index (χ2n) is 14.6. The number of aryl methyl sites for hydroxylation is 2. The van der Waals surface area contributed by atoms with Crippen LogP contribution < -0.4 is 21.7 Å². The Morgan fingerprint density at radius 2 is 1.39 bits per heavy atom. The first kappa shape index (κ1) is 46.1. The Morgan fingerprint density at radius 3 is 2.00 bits per heavy atom. The maximum atomic E-state index is 14.4. The van der Waals surface area contributed by atoms with Crippen LogP contribution in [0.15, 0.2) is 103 Å². The quantitative estimate of drug-likeness (QED) is 0.0443. The average Bonchev–Trinajstić information content (AvgIpc) is 3.19. The molecule has 7 N–H and O–H groups in total. The Hall–Kier alpha value is -5.56. The van der Waals surface area contributed by atoms with Crippen LogP contribution >= 0.6 is 7.60 Å². The number of unbranched alkanes of at least 4 members (excludes halogenated alkanes) is 1. The van der Waals surface area contributed by atoms with E-state index in [2.05, 4.69) is 16.0 Å². The summed E-state index contributed by atoms with van der Waals surface area (Å²) < 4.78 is 40.3. The van der Waals surface area contributed by atoms with E-state index in [0.717, 1.165) is 40.8 Å². The fraction of sp³-hybridized carbons (Fsp3) is 0.341. The molecule has 12 nitrogen and oxygen atoms in total. The van der Waals surface area contributed by atoms with Crippen molar-refractivity contribution >= 4 is 37.0 Å². The van der Waals surface area contributed by atoms with Crippen LogP contribution in [0, 0.1) is 12.8 Å². The third-order valence-electron chi connectivity index (χ3n) is 9.91. The Kier molecular flexibility index (Phi) is 16.8. The largest absolute Gasteiger partial charge is 0.399 e. The van der Waals surface area contributed by atoms with Crippen LogP contribution in [-0.4, -0.2) is 57.8 Å². The molecule has 0 spiro atoms. The Labute approximate surface area is 342 Å². The number of carbonyl (C=O) groups excluding carboxylic acids is 5. The molecule has 0 aromatic heterocycles. The summed E-state index contributed by atoms with van der Waals surface area (Å²) in [6.45, 7) is 4.20. The minimum absolute atomic E-state index is 0.00815. The van der Waals surface area contributed by atoms with Gasteiger partial charge in [-0.3, -0.25) is 28.5 Å². The maximum Gasteiger partial charge on any atom is 0.399 e. The van der Waals surface area contributed by atoms with Crippen LogP contribution in [0.25, 0.3) is 0 Å². The van der Waals surface area contributed by atoms with Crippen LogP contribution in [0.3, 0.4) is 0 Å². The number of Topliss-reactive ketones (excluding diaryl/α,β-unsaturated/α-hetero) is 1. The highest BCUT2D eigenvalue weighted by Crippen LogP contribution is 2.59. The number of hydrogen-bond acceptors (Lipinski definition) is 6. The lowest BCUT2D eigenvalue weighted by Crippen LogP contribution is -2.49. The summed E-state index contributed by atoms with van der Waals surface area (Å²) in [5.74, 6) is -3.95. The van der Waals surface area contributed by atoms with E-state index in [1.807, 2.05) is 44.2 Å². The molecule has 15 heteroatoms. The molecule has 3 atom stereocenters. The minimum atomic E-state index is -5.85. The zero-order valence-corrected chi connectivity index (χ0v) is 33.9. The van der Waals surface area contributed by atoms with Gasteiger partial charge in [-0.2, -0.15) is 8.78 Å². The number of carbonyl (C=O) groups is 5. The van der Waals surface area contributed by atoms with Crippen molar-refractivity contribution in [3.63, 3.8) is 0 Å². The number of halogens is 2. The highest BCUT2D eigenvalue weighted by molar-refractivity contribution is 7.52. The number of rotatable bonds is 22. The third-order valence-corrected chi connectivity index (χ3v) is 10.9. The molecule has 59 heavy (non-hydrogen) atoms. The number of nitrogens with two attached hydrogens (primary N) is 1. The number of nitrogens with one attached hydrogen (secondary N) is 3. The van der Waals surface area contributed by atoms with Gasteiger partial charge in [-0.1, -0.05) is 103 Å². The van der Waals surface area contributed by atoms with E-state index in [0.29, 0.717) is 24.9 Å². The second-order valence-corrected chi connectivity index (χ2v) is 16.2. The molecule has 0 aliphatic carbocycles. The lowest BCUT2D eigenvalue weighted by atomic mass is 9.89. The summed E-state index contributed by atoms with van der Waals surface area (Å²) in [7, 11) is -5.85. The number of amides is 4. The van der Waals surface area contributed by atoms with Gasteiger partial charge in [0.05, 0.1) is 12.5 Å². The van der Waals surface area contributed by atoms with Crippen molar-refractivity contribution in [3.8, 4) is 0 Å². The van der Waals surface area contributed by atoms with Crippen LogP contribution in [-0.2, 0) is 55.1 Å². The first-order valence-electron chi connectivity index (χ1n) is 19.4. The van der Waals surface area contributed by atoms with Crippen LogP contribution in [0.1, 0.15) is 76.3 Å². The van der Waals surface area contributed by atoms with Gasteiger partial charge in [0.25, 0.3) is 5.91 Å². The summed E-state index contributed by atoms with van der Waals surface area (Å²) in [5, 5.41) is 8.28. The second kappa shape index (κ2) is 21.4. The molecule has 3 unspecified atom stereocenters. The van der Waals surface area contributed by atoms with Gasteiger partial charge < -0.3 is 31.5 Å². The van der Waals surface area contributed by atoms with E-state index in [4.69, 9.17) is 5.73 Å². The van der Waals surface area contributed by atoms with E-state index in [1.54, 1.807) is 48.5 Å². The molecule has 4 amide bonds. The smallest absolute Gasteiger partial charge is 0.368 e. The summed E-state index contributed by atoms with van der Waals surface area (Å²) in [6, 6.07) is 25.3. The molecule has 0 radical (unpaired) electrons. The first-order valence-corrected chi connectivity index (χ1v) is 21.0. The molecule has 0 aliphatic rings. The fourth-order valence-corrected chi connectivity index (χ4v) is 7.01. The van der Waals surface area contributed by atoms with Gasteiger partial charge in [-0.25, -0.2) is 0 Å². The van der Waals surface area contributed by atoms with E-state index in [-0.39, 0.29) is 37.2 Å². The van der Waals surface area contributed by atoms with Gasteiger partial charge in [-0.15, -0.1) is 0 Å². The van der Waals surface area contributed by atoms with Crippen molar-refractivity contribution < 1.29 is 47.1 Å². The summed E-state index contributed by atoms with van der Waals surface area (Å²) >= 11 is 0. The molecule has 0 aliphatic heterocycles. The lowest BCUT2D eigenvalue weighted by Gasteiger charge is -2.24. The van der Waals surface area contributed by atoms with E-state index in [1.165, 1.54) is 12.1 Å². The predicted octanol–water partition coefficient (Wildman–Crippen LogP) is 5.44. The Morgan fingerprint density at radius 1 is 0.763 bits per heavy atom. The molecular formula is C44H51F2N4O8P. The topological polar surface area (TPSA) is 205 Å². The standard InChI is InChI=1S/C44H51F2N4O8P/c1-3-30-15-19-34(20-16-30)42(54)48-23-8-7-14-37(41(47)53)50-43(55)35(25-32-17-21-36(22-18-32)44(45,46)59(56,57)58)28-39(51)38(26-31-11-5-4-6-12-31)49-40(52)27-33-13-9-10-29(2)24-33/h4-6,9-13,15-22,24,35,37-38H,3,7-8,14,23,25-28H2,1-2H3,(H2,47,53)(H,48,54)(H,49,52)(H,50,55)(H2,56,57,58). The van der Waals surface area contributed by atoms with Crippen LogP contribution in [0.4, 0.5) is 8.78 Å². The summed E-state index contributed by atoms with van der Waals surface area (Å²) in [6.07, 6.45) is 1.24. The fourth-order valence-electron chi connectivity index (χ4n) is 6.53. The number of alkyl halides is 2. The summed E-state index contributed by atoms with van der Waals surface area (Å²) in [5.41, 5.74) is 4.60. The predicted molar refractivity (Wildman–Crippen MR) is 219 cm³/mol. The third kappa shape index (κ3) is 14.1. The first-order chi connectivity index (χ1) is 28.0. The van der Waals surface area contributed by atoms with Crippen LogP contribution in [0.5, 0.6) is 0 Å². The molecule has 4 aromatic carbocycles. The van der Waals surface area contributed by atoms with E-state index >= 15 is 0 Å². The van der Waals surface area contributed by atoms with Crippen molar-refractivity contribution in [2.75, 3.05) is 6.54 Å². The van der Waals surface area contributed by atoms with Crippen molar-refractivity contribution in [3.05, 3.63) is 142 Å². The molecule has 0 saturated heterocycles. The number of benzene rings is 4. The lowest BCUT2D eigenvalue weighted by molar-refractivity contribution is -0.133. The van der Waals surface area contributed by atoms with E-state index < -0.39 is 66.8 Å². The molecular weight excluding hydrogens is 781 g/mol. The van der Waals surface area contributed by atoms with Crippen molar-refractivity contribution in [2.45, 2.75) is 83.0 Å². The van der Waals surface area contributed by atoms with Gasteiger partial charge in [0.15, 0.2) is 5.78 Å². The molecule has 0 fully saturated rings. The maximum absolute atomic E-state index is 14.4. The van der Waals surface area contributed by atoms with Gasteiger partial charge in [0.1, 0.15) is 6.04 Å².